The van der Waals surface area contributed by atoms with Gasteiger partial charge in [0.2, 0.25) is 0 Å². The van der Waals surface area contributed by atoms with Crippen molar-refractivity contribution in [1.82, 2.24) is 0 Å². The quantitative estimate of drug-likeness (QED) is 0.754. The van der Waals surface area contributed by atoms with E-state index < -0.39 is 17.2 Å². The van der Waals surface area contributed by atoms with E-state index >= 15 is 0 Å². The van der Waals surface area contributed by atoms with E-state index in [1.165, 1.54) is 12.1 Å². The van der Waals surface area contributed by atoms with Gasteiger partial charge in [0.25, 0.3) is 0 Å². The number of rotatable bonds is 3. The molecule has 0 atom stereocenters. The molecule has 0 radical (unpaired) electrons. The molecule has 2 aromatic rings. The van der Waals surface area contributed by atoms with Crippen LogP contribution in [0.4, 0.5) is 13.2 Å². The minimum Gasteiger partial charge on any atom is -0.293 e. The summed E-state index contributed by atoms with van der Waals surface area (Å²) in [4.78, 5) is 12.6. The highest BCUT2D eigenvalue weighted by atomic mass is 19.4. The van der Waals surface area contributed by atoms with E-state index in [1.54, 1.807) is 0 Å². The topological polar surface area (TPSA) is 17.1 Å². The molecule has 0 aromatic heterocycles. The van der Waals surface area contributed by atoms with E-state index in [2.05, 4.69) is 0 Å². The second-order valence-electron chi connectivity index (χ2n) is 5.36. The first-order valence-corrected chi connectivity index (χ1v) is 6.71. The van der Waals surface area contributed by atoms with Crippen molar-refractivity contribution in [1.29, 1.82) is 0 Å². The van der Waals surface area contributed by atoms with Gasteiger partial charge in [-0.2, -0.15) is 13.2 Å². The van der Waals surface area contributed by atoms with Gasteiger partial charge in [0, 0.05) is 5.56 Å². The lowest BCUT2D eigenvalue weighted by molar-refractivity contribution is -0.137. The normalized spacial score (nSPS) is 16.5. The molecule has 0 saturated heterocycles. The number of alkyl halides is 3. The Morgan fingerprint density at radius 3 is 2.19 bits per heavy atom. The summed E-state index contributed by atoms with van der Waals surface area (Å²) in [5, 5.41) is 0. The maximum atomic E-state index is 12.8. The zero-order valence-electron chi connectivity index (χ0n) is 11.2. The number of ketones is 1. The van der Waals surface area contributed by atoms with E-state index in [9.17, 15) is 18.0 Å². The molecule has 108 valence electrons. The van der Waals surface area contributed by atoms with Crippen LogP contribution in [0.5, 0.6) is 0 Å². The van der Waals surface area contributed by atoms with Gasteiger partial charge < -0.3 is 0 Å². The van der Waals surface area contributed by atoms with Crippen molar-refractivity contribution in [2.24, 2.45) is 0 Å². The standard InChI is InChI=1S/C17H13F3O/c18-17(19,20)14-8-4-5-12(11-14)15(21)16(9-10-16)13-6-2-1-3-7-13/h1-8,11H,9-10H2. The predicted molar refractivity (Wildman–Crippen MR) is 73.1 cm³/mol. The molecule has 0 bridgehead atoms. The van der Waals surface area contributed by atoms with Gasteiger partial charge in [-0.3, -0.25) is 4.79 Å². The lowest BCUT2D eigenvalue weighted by Gasteiger charge is -2.15. The SMILES string of the molecule is O=C(c1cccc(C(F)(F)F)c1)C1(c2ccccc2)CC1. The number of benzene rings is 2. The van der Waals surface area contributed by atoms with Gasteiger partial charge in [0.15, 0.2) is 5.78 Å². The van der Waals surface area contributed by atoms with Crippen LogP contribution in [0, 0.1) is 0 Å². The molecular weight excluding hydrogens is 277 g/mol. The van der Waals surface area contributed by atoms with Crippen molar-refractivity contribution in [3.05, 3.63) is 71.3 Å². The summed E-state index contributed by atoms with van der Waals surface area (Å²) in [7, 11) is 0. The van der Waals surface area contributed by atoms with Gasteiger partial charge in [-0.1, -0.05) is 42.5 Å². The van der Waals surface area contributed by atoms with Gasteiger partial charge in [0.05, 0.1) is 11.0 Å². The molecule has 0 spiro atoms. The Bertz CT molecular complexity index is 670. The summed E-state index contributed by atoms with van der Waals surface area (Å²) in [6, 6.07) is 13.9. The highest BCUT2D eigenvalue weighted by Gasteiger charge is 2.51. The number of halogens is 3. The van der Waals surface area contributed by atoms with Crippen molar-refractivity contribution < 1.29 is 18.0 Å². The average molecular weight is 290 g/mol. The molecule has 1 aliphatic carbocycles. The third-order valence-electron chi connectivity index (χ3n) is 3.96. The first-order valence-electron chi connectivity index (χ1n) is 6.71. The second-order valence-corrected chi connectivity index (χ2v) is 5.36. The van der Waals surface area contributed by atoms with Crippen molar-refractivity contribution in [2.45, 2.75) is 24.4 Å². The van der Waals surface area contributed by atoms with Crippen LogP contribution in [-0.4, -0.2) is 5.78 Å². The minimum absolute atomic E-state index is 0.131. The van der Waals surface area contributed by atoms with Crippen molar-refractivity contribution >= 4 is 5.78 Å². The lowest BCUT2D eigenvalue weighted by atomic mass is 9.87. The number of Topliss-reactive ketones (excluding diaryl/α,β-unsaturated/α-hetero) is 1. The summed E-state index contributed by atoms with van der Waals surface area (Å²) < 4.78 is 38.3. The highest BCUT2D eigenvalue weighted by Crippen LogP contribution is 2.50. The Kier molecular flexibility index (Phi) is 3.12. The summed E-state index contributed by atoms with van der Waals surface area (Å²) in [6.07, 6.45) is -3.06. The fraction of sp³-hybridized carbons (Fsp3) is 0.235. The molecule has 21 heavy (non-hydrogen) atoms. The molecular formula is C17H13F3O. The molecule has 0 amide bonds. The van der Waals surface area contributed by atoms with Crippen LogP contribution < -0.4 is 0 Å². The van der Waals surface area contributed by atoms with E-state index in [1.807, 2.05) is 30.3 Å². The van der Waals surface area contributed by atoms with Crippen molar-refractivity contribution in [2.75, 3.05) is 0 Å². The van der Waals surface area contributed by atoms with Crippen LogP contribution in [0.1, 0.15) is 34.3 Å². The first-order chi connectivity index (χ1) is 9.93. The molecule has 1 nitrogen and oxygen atoms in total. The zero-order chi connectivity index (χ0) is 15.1. The second kappa shape index (κ2) is 4.72. The van der Waals surface area contributed by atoms with Crippen LogP contribution in [0.3, 0.4) is 0 Å². The van der Waals surface area contributed by atoms with Crippen LogP contribution >= 0.6 is 0 Å². The average Bonchev–Trinajstić information content (AvgIpc) is 3.28. The largest absolute Gasteiger partial charge is 0.416 e. The Labute approximate surface area is 120 Å². The van der Waals surface area contributed by atoms with Crippen molar-refractivity contribution in [3.8, 4) is 0 Å². The number of carbonyl (C=O) groups excluding carboxylic acids is 1. The van der Waals surface area contributed by atoms with E-state index in [0.717, 1.165) is 17.7 Å². The lowest BCUT2D eigenvalue weighted by Crippen LogP contribution is -2.21. The first kappa shape index (κ1) is 13.9. The van der Waals surface area contributed by atoms with E-state index in [-0.39, 0.29) is 11.3 Å². The fourth-order valence-corrected chi connectivity index (χ4v) is 2.64. The zero-order valence-corrected chi connectivity index (χ0v) is 11.2. The van der Waals surface area contributed by atoms with E-state index in [0.29, 0.717) is 12.8 Å². The monoisotopic (exact) mass is 290 g/mol. The molecule has 1 saturated carbocycles. The van der Waals surface area contributed by atoms with Gasteiger partial charge >= 0.3 is 6.18 Å². The van der Waals surface area contributed by atoms with Gasteiger partial charge in [-0.05, 0) is 30.5 Å². The smallest absolute Gasteiger partial charge is 0.293 e. The maximum Gasteiger partial charge on any atom is 0.416 e. The Hall–Kier alpha value is -2.10. The third kappa shape index (κ3) is 2.46. The Morgan fingerprint density at radius 2 is 1.62 bits per heavy atom. The Balaban J connectivity index is 1.97. The molecule has 0 N–H and O–H groups in total. The van der Waals surface area contributed by atoms with Crippen LogP contribution in [0.15, 0.2) is 54.6 Å². The maximum absolute atomic E-state index is 12.8. The molecule has 1 fully saturated rings. The number of hydrogen-bond acceptors (Lipinski definition) is 1. The molecule has 0 heterocycles. The van der Waals surface area contributed by atoms with Gasteiger partial charge in [0.1, 0.15) is 0 Å². The van der Waals surface area contributed by atoms with Gasteiger partial charge in [-0.15, -0.1) is 0 Å². The Morgan fingerprint density at radius 1 is 0.952 bits per heavy atom. The number of hydrogen-bond donors (Lipinski definition) is 0. The van der Waals surface area contributed by atoms with Crippen LogP contribution in [-0.2, 0) is 11.6 Å². The van der Waals surface area contributed by atoms with Gasteiger partial charge in [-0.25, -0.2) is 0 Å². The summed E-state index contributed by atoms with van der Waals surface area (Å²) in [5.41, 5.74) is -0.401. The molecule has 3 rings (SSSR count). The highest BCUT2D eigenvalue weighted by molar-refractivity contribution is 6.06. The fourth-order valence-electron chi connectivity index (χ4n) is 2.64. The van der Waals surface area contributed by atoms with Crippen LogP contribution in [0.2, 0.25) is 0 Å². The minimum atomic E-state index is -4.43. The number of carbonyl (C=O) groups is 1. The third-order valence-corrected chi connectivity index (χ3v) is 3.96. The molecule has 0 unspecified atom stereocenters. The molecule has 2 aromatic carbocycles. The molecule has 1 aliphatic rings. The molecule has 0 aliphatic heterocycles. The summed E-state index contributed by atoms with van der Waals surface area (Å²) in [5.74, 6) is -0.222. The van der Waals surface area contributed by atoms with Crippen molar-refractivity contribution in [3.63, 3.8) is 0 Å². The van der Waals surface area contributed by atoms with E-state index in [4.69, 9.17) is 0 Å². The summed E-state index contributed by atoms with van der Waals surface area (Å²) in [6.45, 7) is 0. The summed E-state index contributed by atoms with van der Waals surface area (Å²) >= 11 is 0. The molecule has 4 heteroatoms. The predicted octanol–water partition coefficient (Wildman–Crippen LogP) is 4.62. The van der Waals surface area contributed by atoms with Crippen LogP contribution in [0.25, 0.3) is 0 Å².